The van der Waals surface area contributed by atoms with Gasteiger partial charge in [0.1, 0.15) is 5.60 Å². The van der Waals surface area contributed by atoms with Crippen molar-refractivity contribution in [2.45, 2.75) is 87.1 Å². The van der Waals surface area contributed by atoms with Gasteiger partial charge >= 0.3 is 5.97 Å². The Balaban J connectivity index is 1.35. The summed E-state index contributed by atoms with van der Waals surface area (Å²) in [6.07, 6.45) is 7.32. The molecular weight excluding hydrogens is 284 g/mol. The predicted molar refractivity (Wildman–Crippen MR) is 83.3 cm³/mol. The predicted octanol–water partition coefficient (Wildman–Crippen LogP) is 3.55. The molecule has 0 spiro atoms. The number of rotatable bonds is 3. The highest BCUT2D eigenvalue weighted by atomic mass is 32.2. The first-order valence-corrected chi connectivity index (χ1v) is 9.31. The quantitative estimate of drug-likeness (QED) is 0.590. The maximum absolute atomic E-state index is 12.5. The SMILES string of the molecule is CC(C)(OC(=O)C1CCC2OC2C1)C1CCC2(C)SC2C1. The van der Waals surface area contributed by atoms with E-state index in [9.17, 15) is 4.79 Å². The zero-order valence-corrected chi connectivity index (χ0v) is 14.1. The highest BCUT2D eigenvalue weighted by molar-refractivity contribution is 8.08. The number of ether oxygens (including phenoxy) is 2. The number of esters is 1. The van der Waals surface area contributed by atoms with Gasteiger partial charge in [-0.1, -0.05) is 0 Å². The highest BCUT2D eigenvalue weighted by Gasteiger charge is 2.57. The Morgan fingerprint density at radius 3 is 2.76 bits per heavy atom. The molecule has 0 N–H and O–H groups in total. The lowest BCUT2D eigenvalue weighted by Crippen LogP contribution is -2.42. The summed E-state index contributed by atoms with van der Waals surface area (Å²) in [5.41, 5.74) is -0.317. The van der Waals surface area contributed by atoms with Crippen LogP contribution in [-0.2, 0) is 14.3 Å². The van der Waals surface area contributed by atoms with Crippen LogP contribution in [0.5, 0.6) is 0 Å². The fraction of sp³-hybridized carbons (Fsp3) is 0.941. The standard InChI is InChI=1S/C17H26O3S/c1-16(2,11-6-7-17(3)14(9-11)21-17)20-15(18)10-4-5-12-13(8-10)19-12/h10-14H,4-9H2,1-3H3. The Kier molecular flexibility index (Phi) is 3.18. The molecular formula is C17H26O3S. The number of hydrogen-bond donors (Lipinski definition) is 0. The number of fused-ring (bicyclic) bond motifs is 2. The van der Waals surface area contributed by atoms with E-state index in [2.05, 4.69) is 32.5 Å². The molecule has 0 amide bonds. The summed E-state index contributed by atoms with van der Waals surface area (Å²) in [4.78, 5) is 12.5. The monoisotopic (exact) mass is 310 g/mol. The van der Waals surface area contributed by atoms with Crippen molar-refractivity contribution in [1.29, 1.82) is 0 Å². The molecule has 21 heavy (non-hydrogen) atoms. The van der Waals surface area contributed by atoms with Gasteiger partial charge in [0.25, 0.3) is 0 Å². The third-order valence-corrected chi connectivity index (χ3v) is 7.98. The molecule has 0 aromatic carbocycles. The van der Waals surface area contributed by atoms with E-state index in [1.165, 1.54) is 19.3 Å². The van der Waals surface area contributed by atoms with Crippen LogP contribution in [0.25, 0.3) is 0 Å². The van der Waals surface area contributed by atoms with Crippen molar-refractivity contribution in [3.8, 4) is 0 Å². The first-order chi connectivity index (χ1) is 9.87. The van der Waals surface area contributed by atoms with Crippen LogP contribution in [-0.4, -0.2) is 33.8 Å². The summed E-state index contributed by atoms with van der Waals surface area (Å²) >= 11 is 2.12. The fourth-order valence-electron chi connectivity index (χ4n) is 4.32. The van der Waals surface area contributed by atoms with Crippen LogP contribution in [0.15, 0.2) is 0 Å². The third kappa shape index (κ3) is 2.63. The maximum Gasteiger partial charge on any atom is 0.309 e. The van der Waals surface area contributed by atoms with Crippen LogP contribution in [0.3, 0.4) is 0 Å². The molecule has 6 atom stereocenters. The minimum Gasteiger partial charge on any atom is -0.459 e. The summed E-state index contributed by atoms with van der Waals surface area (Å²) in [6.45, 7) is 6.61. The summed E-state index contributed by atoms with van der Waals surface area (Å²) in [6, 6.07) is 0. The second-order valence-electron chi connectivity index (χ2n) is 8.14. The van der Waals surface area contributed by atoms with Crippen molar-refractivity contribution in [3.05, 3.63) is 0 Å². The molecule has 0 bridgehead atoms. The average molecular weight is 310 g/mol. The highest BCUT2D eigenvalue weighted by Crippen LogP contribution is 2.63. The van der Waals surface area contributed by atoms with Crippen LogP contribution in [0, 0.1) is 11.8 Å². The van der Waals surface area contributed by atoms with Gasteiger partial charge < -0.3 is 9.47 Å². The van der Waals surface area contributed by atoms with E-state index < -0.39 is 0 Å². The molecule has 4 aliphatic rings. The molecule has 6 unspecified atom stereocenters. The normalized spacial score (nSPS) is 48.0. The minimum atomic E-state index is -0.317. The van der Waals surface area contributed by atoms with Gasteiger partial charge in [-0.15, -0.1) is 11.8 Å². The number of hydrogen-bond acceptors (Lipinski definition) is 4. The molecule has 4 rings (SSSR count). The summed E-state index contributed by atoms with van der Waals surface area (Å²) in [5.74, 6) is 0.603. The van der Waals surface area contributed by atoms with Gasteiger partial charge in [0.2, 0.25) is 0 Å². The zero-order valence-electron chi connectivity index (χ0n) is 13.3. The molecule has 2 aliphatic heterocycles. The third-order valence-electron chi connectivity index (χ3n) is 6.21. The van der Waals surface area contributed by atoms with Gasteiger partial charge in [-0.2, -0.15) is 0 Å². The van der Waals surface area contributed by atoms with E-state index in [0.29, 0.717) is 22.9 Å². The smallest absolute Gasteiger partial charge is 0.309 e. The Labute approximate surface area is 131 Å². The summed E-state index contributed by atoms with van der Waals surface area (Å²) in [5, 5.41) is 0.796. The zero-order chi connectivity index (χ0) is 14.8. The molecule has 0 radical (unpaired) electrons. The largest absolute Gasteiger partial charge is 0.459 e. The van der Waals surface area contributed by atoms with Crippen molar-refractivity contribution < 1.29 is 14.3 Å². The van der Waals surface area contributed by atoms with Gasteiger partial charge in [-0.05, 0) is 65.2 Å². The van der Waals surface area contributed by atoms with Crippen molar-refractivity contribution in [3.63, 3.8) is 0 Å². The number of thioether (sulfide) groups is 1. The Bertz CT molecular complexity index is 463. The molecule has 0 aromatic rings. The molecule has 2 heterocycles. The van der Waals surface area contributed by atoms with E-state index in [-0.39, 0.29) is 17.5 Å². The molecule has 2 aliphatic carbocycles. The van der Waals surface area contributed by atoms with Crippen LogP contribution >= 0.6 is 11.8 Å². The molecule has 2 saturated carbocycles. The van der Waals surface area contributed by atoms with Gasteiger partial charge in [-0.25, -0.2) is 0 Å². The fourth-order valence-corrected chi connectivity index (χ4v) is 5.68. The van der Waals surface area contributed by atoms with Crippen molar-refractivity contribution >= 4 is 17.7 Å². The first kappa shape index (κ1) is 14.4. The van der Waals surface area contributed by atoms with E-state index >= 15 is 0 Å². The lowest BCUT2D eigenvalue weighted by molar-refractivity contribution is -0.169. The van der Waals surface area contributed by atoms with Gasteiger partial charge in [0.15, 0.2) is 0 Å². The first-order valence-electron chi connectivity index (χ1n) is 8.43. The van der Waals surface area contributed by atoms with Gasteiger partial charge in [0.05, 0.1) is 18.1 Å². The van der Waals surface area contributed by atoms with Crippen molar-refractivity contribution in [2.24, 2.45) is 11.8 Å². The van der Waals surface area contributed by atoms with Crippen molar-refractivity contribution in [2.75, 3.05) is 0 Å². The molecule has 4 fully saturated rings. The van der Waals surface area contributed by atoms with E-state index in [0.717, 1.165) is 24.5 Å². The van der Waals surface area contributed by atoms with Crippen LogP contribution in [0.1, 0.15) is 59.3 Å². The topological polar surface area (TPSA) is 38.8 Å². The Morgan fingerprint density at radius 2 is 2.05 bits per heavy atom. The number of carbonyl (C=O) groups excluding carboxylic acids is 1. The van der Waals surface area contributed by atoms with Crippen molar-refractivity contribution in [1.82, 2.24) is 0 Å². The second kappa shape index (κ2) is 4.64. The van der Waals surface area contributed by atoms with Gasteiger partial charge in [0, 0.05) is 10.00 Å². The molecule has 118 valence electrons. The van der Waals surface area contributed by atoms with Gasteiger partial charge in [-0.3, -0.25) is 4.79 Å². The molecule has 0 aromatic heterocycles. The number of epoxide rings is 1. The molecule has 2 saturated heterocycles. The Morgan fingerprint density at radius 1 is 1.24 bits per heavy atom. The van der Waals surface area contributed by atoms with Crippen LogP contribution in [0.2, 0.25) is 0 Å². The maximum atomic E-state index is 12.5. The van der Waals surface area contributed by atoms with Crippen LogP contribution in [0.4, 0.5) is 0 Å². The van der Waals surface area contributed by atoms with E-state index in [1.54, 1.807) is 0 Å². The average Bonchev–Trinajstić information content (AvgIpc) is 3.30. The number of carbonyl (C=O) groups is 1. The van der Waals surface area contributed by atoms with E-state index in [1.807, 2.05) is 0 Å². The summed E-state index contributed by atoms with van der Waals surface area (Å²) in [7, 11) is 0. The van der Waals surface area contributed by atoms with E-state index in [4.69, 9.17) is 9.47 Å². The summed E-state index contributed by atoms with van der Waals surface area (Å²) < 4.78 is 12.0. The second-order valence-corrected chi connectivity index (χ2v) is 9.88. The Hall–Kier alpha value is -0.220. The lowest BCUT2D eigenvalue weighted by Gasteiger charge is -2.38. The lowest BCUT2D eigenvalue weighted by atomic mass is 9.75. The molecule has 4 heteroatoms. The minimum absolute atomic E-state index is 0.0192. The molecule has 3 nitrogen and oxygen atoms in total. The van der Waals surface area contributed by atoms with Crippen LogP contribution < -0.4 is 0 Å².